The van der Waals surface area contributed by atoms with Crippen LogP contribution in [0.5, 0.6) is 0 Å². The molecular formula is C9H12O. The van der Waals surface area contributed by atoms with Crippen LogP contribution in [0.15, 0.2) is 24.3 Å². The maximum absolute atomic E-state index is 10.9. The Hall–Kier alpha value is -0.850. The molecule has 0 heterocycles. The molecule has 0 N–H and O–H groups in total. The quantitative estimate of drug-likeness (QED) is 0.467. The van der Waals surface area contributed by atoms with Gasteiger partial charge in [-0.25, -0.2) is 0 Å². The number of ketones is 1. The van der Waals surface area contributed by atoms with Gasteiger partial charge in [0, 0.05) is 6.42 Å². The molecule has 10 heavy (non-hydrogen) atoms. The van der Waals surface area contributed by atoms with E-state index in [2.05, 4.69) is 12.2 Å². The molecule has 1 heteroatoms. The predicted molar refractivity (Wildman–Crippen MR) is 41.8 cm³/mol. The van der Waals surface area contributed by atoms with Crippen molar-refractivity contribution >= 4 is 5.78 Å². The van der Waals surface area contributed by atoms with E-state index in [0.29, 0.717) is 6.42 Å². The molecule has 1 nitrogen and oxygen atoms in total. The summed E-state index contributed by atoms with van der Waals surface area (Å²) in [6, 6.07) is 0. The Morgan fingerprint density at radius 2 is 1.70 bits per heavy atom. The molecule has 0 atom stereocenters. The van der Waals surface area contributed by atoms with Crippen LogP contribution in [0.4, 0.5) is 0 Å². The summed E-state index contributed by atoms with van der Waals surface area (Å²) in [6.45, 7) is 0. The number of carbonyl (C=O) groups is 1. The normalized spacial score (nSPS) is 19.8. The zero-order chi connectivity index (χ0) is 7.23. The van der Waals surface area contributed by atoms with E-state index in [9.17, 15) is 4.79 Å². The van der Waals surface area contributed by atoms with E-state index >= 15 is 0 Å². The van der Waals surface area contributed by atoms with Crippen LogP contribution >= 0.6 is 0 Å². The smallest absolute Gasteiger partial charge is 0.155 e. The van der Waals surface area contributed by atoms with Gasteiger partial charge < -0.3 is 0 Å². The minimum absolute atomic E-state index is 0.256. The lowest BCUT2D eigenvalue weighted by atomic mass is 10.2. The third-order valence-corrected chi connectivity index (χ3v) is 1.53. The minimum atomic E-state index is 0.256. The predicted octanol–water partition coefficient (Wildman–Crippen LogP) is 2.24. The Bertz CT molecular complexity index is 166. The molecule has 0 fully saturated rings. The van der Waals surface area contributed by atoms with Crippen LogP contribution in [-0.4, -0.2) is 5.78 Å². The fraction of sp³-hybridized carbons (Fsp3) is 0.444. The lowest BCUT2D eigenvalue weighted by Gasteiger charge is -1.86. The molecule has 0 unspecified atom stereocenters. The van der Waals surface area contributed by atoms with Crippen molar-refractivity contribution in [1.82, 2.24) is 0 Å². The highest BCUT2D eigenvalue weighted by Crippen LogP contribution is 2.02. The van der Waals surface area contributed by atoms with Crippen LogP contribution < -0.4 is 0 Å². The molecule has 54 valence electrons. The Labute approximate surface area is 61.4 Å². The molecule has 0 saturated carbocycles. The molecule has 1 rings (SSSR count). The van der Waals surface area contributed by atoms with E-state index in [-0.39, 0.29) is 5.78 Å². The molecule has 0 aromatic rings. The van der Waals surface area contributed by atoms with Gasteiger partial charge in [-0.2, -0.15) is 0 Å². The summed E-state index contributed by atoms with van der Waals surface area (Å²) in [5.74, 6) is 0.256. The molecule has 0 amide bonds. The van der Waals surface area contributed by atoms with Crippen LogP contribution in [0.25, 0.3) is 0 Å². The van der Waals surface area contributed by atoms with Crippen molar-refractivity contribution in [3.05, 3.63) is 24.3 Å². The Kier molecular flexibility index (Phi) is 2.94. The van der Waals surface area contributed by atoms with E-state index in [4.69, 9.17) is 0 Å². The van der Waals surface area contributed by atoms with E-state index < -0.39 is 0 Å². The van der Waals surface area contributed by atoms with Gasteiger partial charge in [0.15, 0.2) is 5.78 Å². The zero-order valence-electron chi connectivity index (χ0n) is 6.05. The monoisotopic (exact) mass is 136 g/mol. The second-order valence-corrected chi connectivity index (χ2v) is 2.46. The number of carbonyl (C=O) groups excluding carboxylic acids is 1. The average Bonchev–Trinajstić information content (AvgIpc) is 2.02. The van der Waals surface area contributed by atoms with E-state index in [1.54, 1.807) is 6.08 Å². The summed E-state index contributed by atoms with van der Waals surface area (Å²) in [4.78, 5) is 10.9. The van der Waals surface area contributed by atoms with Crippen molar-refractivity contribution in [2.75, 3.05) is 0 Å². The highest BCUT2D eigenvalue weighted by molar-refractivity contribution is 5.89. The standard InChI is InChI=1S/C9H12O/c10-9-7-5-3-1-2-4-6-8-9/h1,3,6,8H,2,4-5,7H2. The summed E-state index contributed by atoms with van der Waals surface area (Å²) in [5, 5.41) is 0. The third kappa shape index (κ3) is 2.62. The van der Waals surface area contributed by atoms with Crippen molar-refractivity contribution in [3.8, 4) is 0 Å². The van der Waals surface area contributed by atoms with Gasteiger partial charge in [-0.05, 0) is 25.3 Å². The number of allylic oxidation sites excluding steroid dienone is 4. The highest BCUT2D eigenvalue weighted by atomic mass is 16.1. The number of hydrogen-bond donors (Lipinski definition) is 0. The van der Waals surface area contributed by atoms with E-state index in [1.165, 1.54) is 0 Å². The first-order chi connectivity index (χ1) is 4.89. The third-order valence-electron chi connectivity index (χ3n) is 1.53. The van der Waals surface area contributed by atoms with E-state index in [0.717, 1.165) is 19.3 Å². The maximum Gasteiger partial charge on any atom is 0.155 e. The summed E-state index contributed by atoms with van der Waals surface area (Å²) in [7, 11) is 0. The van der Waals surface area contributed by atoms with Crippen LogP contribution in [0.1, 0.15) is 25.7 Å². The molecule has 0 saturated heterocycles. The van der Waals surface area contributed by atoms with Crippen molar-refractivity contribution in [2.45, 2.75) is 25.7 Å². The molecular weight excluding hydrogens is 124 g/mol. The molecule has 1 aliphatic carbocycles. The van der Waals surface area contributed by atoms with Gasteiger partial charge in [0.2, 0.25) is 0 Å². The number of rotatable bonds is 0. The van der Waals surface area contributed by atoms with Crippen LogP contribution in [0.3, 0.4) is 0 Å². The molecule has 1 aliphatic rings. The van der Waals surface area contributed by atoms with Gasteiger partial charge in [-0.15, -0.1) is 0 Å². The Balaban J connectivity index is 2.47. The Morgan fingerprint density at radius 1 is 1.00 bits per heavy atom. The minimum Gasteiger partial charge on any atom is -0.295 e. The van der Waals surface area contributed by atoms with Crippen molar-refractivity contribution in [3.63, 3.8) is 0 Å². The topological polar surface area (TPSA) is 17.1 Å². The largest absolute Gasteiger partial charge is 0.295 e. The molecule has 0 aromatic carbocycles. The Morgan fingerprint density at radius 3 is 2.60 bits per heavy atom. The lowest BCUT2D eigenvalue weighted by molar-refractivity contribution is -0.114. The van der Waals surface area contributed by atoms with Crippen LogP contribution in [0.2, 0.25) is 0 Å². The molecule has 0 radical (unpaired) electrons. The van der Waals surface area contributed by atoms with Gasteiger partial charge >= 0.3 is 0 Å². The van der Waals surface area contributed by atoms with Crippen molar-refractivity contribution in [2.24, 2.45) is 0 Å². The summed E-state index contributed by atoms with van der Waals surface area (Å²) in [6.07, 6.45) is 11.5. The zero-order valence-corrected chi connectivity index (χ0v) is 6.05. The van der Waals surface area contributed by atoms with Crippen LogP contribution in [0, 0.1) is 0 Å². The average molecular weight is 136 g/mol. The van der Waals surface area contributed by atoms with Gasteiger partial charge in [-0.1, -0.05) is 18.2 Å². The van der Waals surface area contributed by atoms with Gasteiger partial charge in [0.1, 0.15) is 0 Å². The first kappa shape index (κ1) is 7.26. The molecule has 0 bridgehead atoms. The summed E-state index contributed by atoms with van der Waals surface area (Å²) < 4.78 is 0. The number of hydrogen-bond acceptors (Lipinski definition) is 1. The fourth-order valence-corrected chi connectivity index (χ4v) is 0.952. The van der Waals surface area contributed by atoms with Crippen LogP contribution in [-0.2, 0) is 4.79 Å². The van der Waals surface area contributed by atoms with Gasteiger partial charge in [0.25, 0.3) is 0 Å². The summed E-state index contributed by atoms with van der Waals surface area (Å²) >= 11 is 0. The highest BCUT2D eigenvalue weighted by Gasteiger charge is 1.94. The maximum atomic E-state index is 10.9. The fourth-order valence-electron chi connectivity index (χ4n) is 0.952. The SMILES string of the molecule is O=C1C=CCCC=CCC1. The summed E-state index contributed by atoms with van der Waals surface area (Å²) in [5.41, 5.74) is 0. The van der Waals surface area contributed by atoms with E-state index in [1.807, 2.05) is 6.08 Å². The van der Waals surface area contributed by atoms with Gasteiger partial charge in [-0.3, -0.25) is 4.79 Å². The van der Waals surface area contributed by atoms with Crippen molar-refractivity contribution in [1.29, 1.82) is 0 Å². The first-order valence-corrected chi connectivity index (χ1v) is 3.74. The van der Waals surface area contributed by atoms with Crippen molar-refractivity contribution < 1.29 is 4.79 Å². The second kappa shape index (κ2) is 4.04. The molecule has 0 aliphatic heterocycles. The first-order valence-electron chi connectivity index (χ1n) is 3.74. The molecule has 0 aromatic heterocycles. The van der Waals surface area contributed by atoms with Gasteiger partial charge in [0.05, 0.1) is 0 Å². The molecule has 0 spiro atoms. The second-order valence-electron chi connectivity index (χ2n) is 2.46. The lowest BCUT2D eigenvalue weighted by Crippen LogP contribution is -1.89.